The minimum absolute atomic E-state index is 0.0375. The van der Waals surface area contributed by atoms with Crippen LogP contribution in [0.5, 0.6) is 0 Å². The predicted molar refractivity (Wildman–Crippen MR) is 48.4 cm³/mol. The number of nitrogens with zero attached hydrogens (tertiary/aromatic N) is 1. The highest BCUT2D eigenvalue weighted by molar-refractivity contribution is 5.62. The standard InChI is InChI=1S/C10H7F3N2/c11-10(12,13)8-3-6(5-14)4-9-7(8)1-2-15-9/h3-4,15H,1-2H2. The summed E-state index contributed by atoms with van der Waals surface area (Å²) in [6.45, 7) is 0.493. The van der Waals surface area contributed by atoms with E-state index < -0.39 is 11.7 Å². The van der Waals surface area contributed by atoms with E-state index in [0.717, 1.165) is 6.07 Å². The number of fused-ring (bicyclic) bond motifs is 1. The Balaban J connectivity index is 2.64. The third-order valence-corrected chi connectivity index (χ3v) is 2.37. The average molecular weight is 212 g/mol. The summed E-state index contributed by atoms with van der Waals surface area (Å²) < 4.78 is 37.9. The van der Waals surface area contributed by atoms with Gasteiger partial charge in [0.15, 0.2) is 0 Å². The second-order valence-electron chi connectivity index (χ2n) is 3.34. The van der Waals surface area contributed by atoms with Crippen molar-refractivity contribution in [3.8, 4) is 6.07 Å². The van der Waals surface area contributed by atoms with Gasteiger partial charge in [-0.2, -0.15) is 18.4 Å². The van der Waals surface area contributed by atoms with E-state index in [-0.39, 0.29) is 11.1 Å². The van der Waals surface area contributed by atoms with Crippen molar-refractivity contribution in [3.63, 3.8) is 0 Å². The quantitative estimate of drug-likeness (QED) is 0.717. The third-order valence-electron chi connectivity index (χ3n) is 2.37. The highest BCUT2D eigenvalue weighted by Crippen LogP contribution is 2.38. The van der Waals surface area contributed by atoms with E-state index in [2.05, 4.69) is 5.32 Å². The lowest BCUT2D eigenvalue weighted by Gasteiger charge is -2.11. The second kappa shape index (κ2) is 3.16. The molecule has 1 aliphatic rings. The Morgan fingerprint density at radius 1 is 1.33 bits per heavy atom. The van der Waals surface area contributed by atoms with Crippen molar-refractivity contribution in [1.82, 2.24) is 0 Å². The minimum Gasteiger partial charge on any atom is -0.384 e. The molecule has 1 aliphatic heterocycles. The highest BCUT2D eigenvalue weighted by Gasteiger charge is 2.35. The predicted octanol–water partition coefficient (Wildman–Crippen LogP) is 2.55. The van der Waals surface area contributed by atoms with Gasteiger partial charge < -0.3 is 5.32 Å². The van der Waals surface area contributed by atoms with E-state index in [1.807, 2.05) is 0 Å². The molecular weight excluding hydrogens is 205 g/mol. The van der Waals surface area contributed by atoms with Crippen molar-refractivity contribution >= 4 is 5.69 Å². The number of hydrogen-bond acceptors (Lipinski definition) is 2. The molecule has 1 heterocycles. The van der Waals surface area contributed by atoms with Gasteiger partial charge in [0, 0.05) is 12.2 Å². The van der Waals surface area contributed by atoms with Gasteiger partial charge in [-0.15, -0.1) is 0 Å². The monoisotopic (exact) mass is 212 g/mol. The fraction of sp³-hybridized carbons (Fsp3) is 0.300. The van der Waals surface area contributed by atoms with Gasteiger partial charge in [0.1, 0.15) is 0 Å². The highest BCUT2D eigenvalue weighted by atomic mass is 19.4. The molecule has 0 unspecified atom stereocenters. The maximum Gasteiger partial charge on any atom is 0.416 e. The number of nitrogens with one attached hydrogen (secondary N) is 1. The summed E-state index contributed by atoms with van der Waals surface area (Å²) in [5.74, 6) is 0. The fourth-order valence-corrected chi connectivity index (χ4v) is 1.74. The Morgan fingerprint density at radius 2 is 2.07 bits per heavy atom. The zero-order valence-electron chi connectivity index (χ0n) is 7.65. The number of rotatable bonds is 0. The van der Waals surface area contributed by atoms with Crippen LogP contribution in [-0.4, -0.2) is 6.54 Å². The van der Waals surface area contributed by atoms with Gasteiger partial charge in [0.2, 0.25) is 0 Å². The number of nitriles is 1. The third kappa shape index (κ3) is 1.63. The van der Waals surface area contributed by atoms with Crippen LogP contribution < -0.4 is 5.32 Å². The number of anilines is 1. The molecule has 0 bridgehead atoms. The maximum atomic E-state index is 12.6. The second-order valence-corrected chi connectivity index (χ2v) is 3.34. The summed E-state index contributed by atoms with van der Waals surface area (Å²) in [5.41, 5.74) is 0.0416. The molecule has 0 radical (unpaired) electrons. The summed E-state index contributed by atoms with van der Waals surface area (Å²) in [6.07, 6.45) is -4.03. The van der Waals surface area contributed by atoms with E-state index in [9.17, 15) is 13.2 Å². The van der Waals surface area contributed by atoms with Gasteiger partial charge >= 0.3 is 6.18 Å². The molecule has 0 aromatic heterocycles. The Kier molecular flexibility index (Phi) is 2.07. The van der Waals surface area contributed by atoms with Crippen LogP contribution in [0.1, 0.15) is 16.7 Å². The lowest BCUT2D eigenvalue weighted by molar-refractivity contribution is -0.138. The van der Waals surface area contributed by atoms with E-state index in [0.29, 0.717) is 18.7 Å². The normalized spacial score (nSPS) is 14.3. The first-order valence-electron chi connectivity index (χ1n) is 4.40. The molecule has 2 rings (SSSR count). The van der Waals surface area contributed by atoms with Crippen LogP contribution in [0.2, 0.25) is 0 Å². The first-order valence-corrected chi connectivity index (χ1v) is 4.40. The van der Waals surface area contributed by atoms with Crippen molar-refractivity contribution < 1.29 is 13.2 Å². The molecule has 1 aromatic carbocycles. The molecule has 0 saturated carbocycles. The molecule has 1 N–H and O–H groups in total. The van der Waals surface area contributed by atoms with Gasteiger partial charge in [-0.1, -0.05) is 0 Å². The van der Waals surface area contributed by atoms with Crippen molar-refractivity contribution in [2.75, 3.05) is 11.9 Å². The van der Waals surface area contributed by atoms with Gasteiger partial charge in [0.05, 0.1) is 17.2 Å². The van der Waals surface area contributed by atoms with Gasteiger partial charge in [-0.25, -0.2) is 0 Å². The molecular formula is C10H7F3N2. The Bertz CT molecular complexity index is 443. The molecule has 0 atom stereocenters. The lowest BCUT2D eigenvalue weighted by atomic mass is 10.0. The van der Waals surface area contributed by atoms with Crippen LogP contribution in [0, 0.1) is 11.3 Å². The minimum atomic E-state index is -4.39. The fourth-order valence-electron chi connectivity index (χ4n) is 1.74. The first kappa shape index (κ1) is 9.84. The zero-order valence-corrected chi connectivity index (χ0v) is 7.65. The summed E-state index contributed by atoms with van der Waals surface area (Å²) in [5, 5.41) is 11.5. The van der Waals surface area contributed by atoms with Gasteiger partial charge in [-0.05, 0) is 24.1 Å². The Hall–Kier alpha value is -1.70. The summed E-state index contributed by atoms with van der Waals surface area (Å²) in [4.78, 5) is 0. The van der Waals surface area contributed by atoms with Gasteiger partial charge in [0.25, 0.3) is 0 Å². The van der Waals surface area contributed by atoms with Crippen LogP contribution >= 0.6 is 0 Å². The van der Waals surface area contributed by atoms with Gasteiger partial charge in [-0.3, -0.25) is 0 Å². The Labute approximate surface area is 84.3 Å². The lowest BCUT2D eigenvalue weighted by Crippen LogP contribution is -2.08. The number of alkyl halides is 3. The maximum absolute atomic E-state index is 12.6. The number of halogens is 3. The molecule has 5 heteroatoms. The molecule has 2 nitrogen and oxygen atoms in total. The van der Waals surface area contributed by atoms with E-state index in [1.54, 1.807) is 6.07 Å². The van der Waals surface area contributed by atoms with Crippen LogP contribution in [0.3, 0.4) is 0 Å². The van der Waals surface area contributed by atoms with Crippen molar-refractivity contribution in [2.24, 2.45) is 0 Å². The molecule has 0 saturated heterocycles. The van der Waals surface area contributed by atoms with Crippen LogP contribution in [0.25, 0.3) is 0 Å². The zero-order chi connectivity index (χ0) is 11.1. The first-order chi connectivity index (χ1) is 7.02. The van der Waals surface area contributed by atoms with E-state index in [1.165, 1.54) is 6.07 Å². The smallest absolute Gasteiger partial charge is 0.384 e. The van der Waals surface area contributed by atoms with Crippen molar-refractivity contribution in [1.29, 1.82) is 5.26 Å². The molecule has 0 aliphatic carbocycles. The summed E-state index contributed by atoms with van der Waals surface area (Å²) >= 11 is 0. The van der Waals surface area contributed by atoms with Crippen LogP contribution in [0.15, 0.2) is 12.1 Å². The summed E-state index contributed by atoms with van der Waals surface area (Å²) in [6, 6.07) is 4.09. The molecule has 0 spiro atoms. The molecule has 0 fully saturated rings. The SMILES string of the molecule is N#Cc1cc2c(c(C(F)(F)F)c1)CCN2. The number of benzene rings is 1. The summed E-state index contributed by atoms with van der Waals surface area (Å²) in [7, 11) is 0. The van der Waals surface area contributed by atoms with Crippen LogP contribution in [0.4, 0.5) is 18.9 Å². The molecule has 78 valence electrons. The van der Waals surface area contributed by atoms with Crippen molar-refractivity contribution in [3.05, 3.63) is 28.8 Å². The van der Waals surface area contributed by atoms with Crippen LogP contribution in [-0.2, 0) is 12.6 Å². The Morgan fingerprint density at radius 3 is 2.67 bits per heavy atom. The van der Waals surface area contributed by atoms with Crippen molar-refractivity contribution in [2.45, 2.75) is 12.6 Å². The van der Waals surface area contributed by atoms with E-state index in [4.69, 9.17) is 5.26 Å². The largest absolute Gasteiger partial charge is 0.416 e. The molecule has 1 aromatic rings. The average Bonchev–Trinajstić information content (AvgIpc) is 2.61. The molecule has 0 amide bonds. The molecule has 15 heavy (non-hydrogen) atoms. The van der Waals surface area contributed by atoms with E-state index >= 15 is 0 Å². The number of hydrogen-bond donors (Lipinski definition) is 1. The topological polar surface area (TPSA) is 35.8 Å².